The summed E-state index contributed by atoms with van der Waals surface area (Å²) in [6, 6.07) is 45.7. The summed E-state index contributed by atoms with van der Waals surface area (Å²) >= 11 is 0. The first-order valence-corrected chi connectivity index (χ1v) is 20.7. The molecule has 0 spiro atoms. The molecule has 0 amide bonds. The van der Waals surface area contributed by atoms with Gasteiger partial charge in [-0.3, -0.25) is 18.7 Å². The fraction of sp³-hybridized carbons (Fsp3) is 0.241. The van der Waals surface area contributed by atoms with Gasteiger partial charge in [-0.2, -0.15) is 0 Å². The van der Waals surface area contributed by atoms with Crippen LogP contribution < -0.4 is 9.30 Å². The van der Waals surface area contributed by atoms with E-state index >= 15 is 0 Å². The maximum Gasteiger partial charge on any atom is 0.271 e. The molecule has 4 aromatic heterocycles. The van der Waals surface area contributed by atoms with Gasteiger partial charge in [0.15, 0.2) is 5.82 Å². The van der Waals surface area contributed by atoms with E-state index in [1.165, 1.54) is 11.1 Å². The number of para-hydroxylation sites is 2. The smallest absolute Gasteiger partial charge is 0.271 e. The molecule has 0 saturated heterocycles. The second kappa shape index (κ2) is 14.6. The van der Waals surface area contributed by atoms with Gasteiger partial charge in [-0.1, -0.05) is 129 Å². The van der Waals surface area contributed by atoms with Gasteiger partial charge < -0.3 is 4.74 Å². The minimum absolute atomic E-state index is 0.0345. The predicted octanol–water partition coefficient (Wildman–Crippen LogP) is 13.2. The Morgan fingerprint density at radius 3 is 2.00 bits per heavy atom. The Morgan fingerprint density at radius 2 is 1.27 bits per heavy atom. The highest BCUT2D eigenvalue weighted by Crippen LogP contribution is 2.38. The van der Waals surface area contributed by atoms with E-state index in [9.17, 15) is 0 Å². The van der Waals surface area contributed by atoms with Crippen LogP contribution in [-0.4, -0.2) is 19.1 Å². The summed E-state index contributed by atoms with van der Waals surface area (Å²) in [4.78, 5) is 9.67. The molecular formula is C54H53N5O. The van der Waals surface area contributed by atoms with Crippen LogP contribution in [0.3, 0.4) is 0 Å². The topological polar surface area (TPSA) is 48.8 Å². The highest BCUT2D eigenvalue weighted by Gasteiger charge is 2.23. The van der Waals surface area contributed by atoms with Crippen LogP contribution >= 0.6 is 0 Å². The molecule has 0 unspecified atom stereocenters. The number of hydrogen-bond acceptors (Lipinski definition) is 3. The minimum atomic E-state index is -1.59. The van der Waals surface area contributed by atoms with Crippen molar-refractivity contribution in [3.05, 3.63) is 169 Å². The number of imidazole rings is 1. The highest BCUT2D eigenvalue weighted by molar-refractivity contribution is 6.10. The van der Waals surface area contributed by atoms with Gasteiger partial charge in [-0.15, -0.1) is 0 Å². The van der Waals surface area contributed by atoms with E-state index in [2.05, 4.69) is 142 Å². The molecule has 9 rings (SSSR count). The molecule has 6 nitrogen and oxygen atoms in total. The predicted molar refractivity (Wildman–Crippen MR) is 246 cm³/mol. The number of aromatic nitrogens is 5. The van der Waals surface area contributed by atoms with E-state index in [1.807, 2.05) is 67.8 Å². The Morgan fingerprint density at radius 1 is 0.583 bits per heavy atom. The SMILES string of the molecule is [2H]C([2H])(c1ccnc(-n2c3ccc(-c4ccccc4)cc3c3ccc(Oc4ccnc(-n5[c-][n+](-c6cc(C(C)(C)C)cc(C(C)(C)C)c6)c6ccccc65)c4)cc32)c1)C(C)(C)C. The molecule has 300 valence electrons. The van der Waals surface area contributed by atoms with Crippen LogP contribution in [0.1, 0.15) is 81.7 Å². The second-order valence-electron chi connectivity index (χ2n) is 18.9. The van der Waals surface area contributed by atoms with Crippen molar-refractivity contribution in [2.45, 2.75) is 79.5 Å². The largest absolute Gasteiger partial charge is 0.458 e. The van der Waals surface area contributed by atoms with Crippen molar-refractivity contribution >= 4 is 32.8 Å². The zero-order valence-corrected chi connectivity index (χ0v) is 36.0. The van der Waals surface area contributed by atoms with Gasteiger partial charge in [0.2, 0.25) is 0 Å². The Kier molecular flexibility index (Phi) is 8.91. The average molecular weight is 790 g/mol. The third-order valence-corrected chi connectivity index (χ3v) is 11.0. The lowest BCUT2D eigenvalue weighted by molar-refractivity contribution is -0.572. The van der Waals surface area contributed by atoms with E-state index in [-0.39, 0.29) is 10.8 Å². The van der Waals surface area contributed by atoms with Crippen molar-refractivity contribution in [2.24, 2.45) is 5.41 Å². The molecule has 0 atom stereocenters. The van der Waals surface area contributed by atoms with Crippen LogP contribution in [0, 0.1) is 11.7 Å². The maximum atomic E-state index is 9.08. The molecule has 4 heterocycles. The lowest BCUT2D eigenvalue weighted by Crippen LogP contribution is -2.31. The fourth-order valence-electron chi connectivity index (χ4n) is 7.92. The van der Waals surface area contributed by atoms with Crippen molar-refractivity contribution in [3.63, 3.8) is 0 Å². The van der Waals surface area contributed by atoms with Crippen LogP contribution in [0.4, 0.5) is 0 Å². The molecule has 0 aliphatic rings. The lowest BCUT2D eigenvalue weighted by atomic mass is 9.80. The summed E-state index contributed by atoms with van der Waals surface area (Å²) in [5.74, 6) is 2.59. The van der Waals surface area contributed by atoms with Gasteiger partial charge in [0.25, 0.3) is 6.33 Å². The van der Waals surface area contributed by atoms with Crippen molar-refractivity contribution in [1.29, 1.82) is 0 Å². The molecule has 0 aliphatic carbocycles. The van der Waals surface area contributed by atoms with Gasteiger partial charge in [0.1, 0.15) is 17.3 Å². The molecule has 0 aliphatic heterocycles. The molecule has 0 saturated carbocycles. The number of hydrogen-bond donors (Lipinski definition) is 0. The first kappa shape index (κ1) is 36.5. The van der Waals surface area contributed by atoms with Crippen molar-refractivity contribution in [1.82, 2.24) is 19.1 Å². The van der Waals surface area contributed by atoms with E-state index < -0.39 is 11.8 Å². The monoisotopic (exact) mass is 789 g/mol. The average Bonchev–Trinajstić information content (AvgIpc) is 3.79. The molecule has 0 radical (unpaired) electrons. The fourth-order valence-corrected chi connectivity index (χ4v) is 7.92. The normalized spacial score (nSPS) is 13.2. The molecule has 6 heteroatoms. The summed E-state index contributed by atoms with van der Waals surface area (Å²) in [6.45, 7) is 19.3. The van der Waals surface area contributed by atoms with Gasteiger partial charge in [0, 0.05) is 38.0 Å². The van der Waals surface area contributed by atoms with Gasteiger partial charge in [-0.25, -0.2) is 4.98 Å². The van der Waals surface area contributed by atoms with E-state index in [0.29, 0.717) is 28.7 Å². The third-order valence-electron chi connectivity index (χ3n) is 11.0. The van der Waals surface area contributed by atoms with Crippen LogP contribution in [0.15, 0.2) is 146 Å². The number of rotatable bonds is 7. The Balaban J connectivity index is 1.15. The number of ether oxygens (including phenoxy) is 1. The van der Waals surface area contributed by atoms with E-state index in [0.717, 1.165) is 49.7 Å². The van der Waals surface area contributed by atoms with Crippen LogP contribution in [0.25, 0.3) is 61.3 Å². The first-order valence-electron chi connectivity index (χ1n) is 21.7. The summed E-state index contributed by atoms with van der Waals surface area (Å²) in [5.41, 5.74) is 9.59. The van der Waals surface area contributed by atoms with Crippen molar-refractivity contribution in [2.75, 3.05) is 0 Å². The highest BCUT2D eigenvalue weighted by atomic mass is 16.5. The number of fused-ring (bicyclic) bond motifs is 4. The maximum absolute atomic E-state index is 9.08. The van der Waals surface area contributed by atoms with Crippen molar-refractivity contribution < 1.29 is 12.0 Å². The molecule has 9 aromatic rings. The lowest BCUT2D eigenvalue weighted by Gasteiger charge is -2.26. The quantitative estimate of drug-likeness (QED) is 0.119. The first-order chi connectivity index (χ1) is 29.4. The number of benzene rings is 5. The Labute approximate surface area is 356 Å². The zero-order chi connectivity index (χ0) is 43.8. The van der Waals surface area contributed by atoms with Crippen LogP contribution in [-0.2, 0) is 17.2 Å². The Hall–Kier alpha value is -6.53. The molecular weight excluding hydrogens is 735 g/mol. The Bertz CT molecular complexity index is 3110. The number of nitrogens with zero attached hydrogens (tertiary/aromatic N) is 5. The molecule has 5 aromatic carbocycles. The number of pyridine rings is 2. The molecule has 0 bridgehead atoms. The van der Waals surface area contributed by atoms with Crippen LogP contribution in [0.5, 0.6) is 11.5 Å². The molecule has 0 N–H and O–H groups in total. The van der Waals surface area contributed by atoms with E-state index in [1.54, 1.807) is 18.5 Å². The van der Waals surface area contributed by atoms with Gasteiger partial charge in [-0.05, 0) is 105 Å². The molecule has 0 fully saturated rings. The third kappa shape index (κ3) is 7.59. The summed E-state index contributed by atoms with van der Waals surface area (Å²) < 4.78 is 31.1. The van der Waals surface area contributed by atoms with Gasteiger partial charge in [0.05, 0.1) is 27.8 Å². The summed E-state index contributed by atoms with van der Waals surface area (Å²) in [5, 5.41) is 2.10. The standard InChI is InChI=1S/C54H53N5O/c1-52(2,3)34-36-23-25-56-51(27-36)59-46-22-19-38(37-15-11-10-12-16-37)28-45(46)44-21-20-42(32-49(44)59)60-43-24-26-55-50(33-43)58-35-57(47-17-13-14-18-48(47)58)41-30-39(53(4,5)6)29-40(31-41)54(7,8)9/h10-33H,34H2,1-9H3/i34D2. The second-order valence-corrected chi connectivity index (χ2v) is 18.9. The van der Waals surface area contributed by atoms with Crippen LogP contribution in [0.2, 0.25) is 0 Å². The minimum Gasteiger partial charge on any atom is -0.458 e. The van der Waals surface area contributed by atoms with Gasteiger partial charge >= 0.3 is 0 Å². The summed E-state index contributed by atoms with van der Waals surface area (Å²) in [7, 11) is 0. The van der Waals surface area contributed by atoms with Crippen molar-refractivity contribution in [3.8, 4) is 39.9 Å². The zero-order valence-electron chi connectivity index (χ0n) is 38.0. The summed E-state index contributed by atoms with van der Waals surface area (Å²) in [6.07, 6.45) is 5.54. The van der Waals surface area contributed by atoms with E-state index in [4.69, 9.17) is 17.4 Å². The molecule has 60 heavy (non-hydrogen) atoms.